The lowest BCUT2D eigenvalue weighted by atomic mass is 10.3. The Bertz CT molecular complexity index is 719. The van der Waals surface area contributed by atoms with Crippen molar-refractivity contribution in [1.29, 1.82) is 0 Å². The smallest absolute Gasteiger partial charge is 0.250 e. The summed E-state index contributed by atoms with van der Waals surface area (Å²) in [6.07, 6.45) is 2.46. The molecule has 0 radical (unpaired) electrons. The van der Waals surface area contributed by atoms with E-state index in [9.17, 15) is 8.42 Å². The lowest BCUT2D eigenvalue weighted by molar-refractivity contribution is 0.583. The molecule has 2 N–H and O–H groups in total. The van der Waals surface area contributed by atoms with Crippen LogP contribution < -0.4 is 10.0 Å². The molecule has 0 bridgehead atoms. The fraction of sp³-hybridized carbons (Fsp3) is 0.385. The Kier molecular flexibility index (Phi) is 4.82. The van der Waals surface area contributed by atoms with Crippen LogP contribution in [-0.4, -0.2) is 14.5 Å². The predicted octanol–water partition coefficient (Wildman–Crippen LogP) is 3.30. The number of halogens is 1. The Hall–Kier alpha value is -0.250. The largest absolute Gasteiger partial charge is 0.310 e. The summed E-state index contributed by atoms with van der Waals surface area (Å²) in [4.78, 5) is 0.978. The lowest BCUT2D eigenvalue weighted by Crippen LogP contribution is -2.22. The Morgan fingerprint density at radius 3 is 2.76 bits per heavy atom. The first-order chi connectivity index (χ1) is 10.0. The molecule has 0 saturated heterocycles. The molecule has 1 saturated carbocycles. The second-order valence-corrected chi connectivity index (χ2v) is 9.71. The van der Waals surface area contributed by atoms with Crippen molar-refractivity contribution in [1.82, 2.24) is 10.0 Å². The molecule has 0 amide bonds. The summed E-state index contributed by atoms with van der Waals surface area (Å²) in [5.74, 6) is 0. The van der Waals surface area contributed by atoms with E-state index in [4.69, 9.17) is 0 Å². The maximum Gasteiger partial charge on any atom is 0.250 e. The van der Waals surface area contributed by atoms with Gasteiger partial charge in [0, 0.05) is 28.5 Å². The third-order valence-electron chi connectivity index (χ3n) is 3.18. The van der Waals surface area contributed by atoms with E-state index in [1.807, 2.05) is 16.8 Å². The first-order valence-electron chi connectivity index (χ1n) is 6.57. The molecule has 2 aromatic heterocycles. The van der Waals surface area contributed by atoms with Crippen LogP contribution in [-0.2, 0) is 23.1 Å². The van der Waals surface area contributed by atoms with Crippen LogP contribution in [0.3, 0.4) is 0 Å². The van der Waals surface area contributed by atoms with Gasteiger partial charge < -0.3 is 5.32 Å². The minimum Gasteiger partial charge on any atom is -0.310 e. The van der Waals surface area contributed by atoms with Crippen molar-refractivity contribution in [2.45, 2.75) is 36.2 Å². The van der Waals surface area contributed by atoms with Crippen molar-refractivity contribution in [3.8, 4) is 0 Å². The number of nitrogens with one attached hydrogen (secondary N) is 2. The molecule has 0 spiro atoms. The van der Waals surface area contributed by atoms with Gasteiger partial charge in [-0.15, -0.1) is 22.7 Å². The second kappa shape index (κ2) is 6.47. The summed E-state index contributed by atoms with van der Waals surface area (Å²) in [6.45, 7) is 1.06. The summed E-state index contributed by atoms with van der Waals surface area (Å²) in [6, 6.07) is 4.30. The molecule has 3 rings (SSSR count). The van der Waals surface area contributed by atoms with Gasteiger partial charge in [0.25, 0.3) is 0 Å². The zero-order valence-corrected chi connectivity index (χ0v) is 15.2. The van der Waals surface area contributed by atoms with Gasteiger partial charge in [-0.2, -0.15) is 0 Å². The van der Waals surface area contributed by atoms with E-state index in [0.29, 0.717) is 16.8 Å². The minimum atomic E-state index is -3.43. The van der Waals surface area contributed by atoms with Crippen LogP contribution >= 0.6 is 38.6 Å². The standard InChI is InChI=1S/C13H15BrN2O2S3/c14-11-3-4-19-12(11)7-16-21(17,18)13-5-9(8-20-13)6-15-10-1-2-10/h3-5,8,10,15-16H,1-2,6-7H2. The van der Waals surface area contributed by atoms with Crippen molar-refractivity contribution in [3.05, 3.63) is 37.8 Å². The van der Waals surface area contributed by atoms with E-state index in [1.54, 1.807) is 6.07 Å². The molecule has 1 aliphatic carbocycles. The Labute approximate surface area is 140 Å². The highest BCUT2D eigenvalue weighted by molar-refractivity contribution is 9.10. The molecule has 1 fully saturated rings. The van der Waals surface area contributed by atoms with E-state index in [2.05, 4.69) is 26.0 Å². The van der Waals surface area contributed by atoms with Gasteiger partial charge in [0.15, 0.2) is 0 Å². The maximum atomic E-state index is 12.3. The number of thiophene rings is 2. The summed E-state index contributed by atoms with van der Waals surface area (Å²) < 4.78 is 28.5. The Morgan fingerprint density at radius 2 is 2.10 bits per heavy atom. The van der Waals surface area contributed by atoms with Gasteiger partial charge in [0.05, 0.1) is 0 Å². The topological polar surface area (TPSA) is 58.2 Å². The highest BCUT2D eigenvalue weighted by atomic mass is 79.9. The van der Waals surface area contributed by atoms with Gasteiger partial charge >= 0.3 is 0 Å². The summed E-state index contributed by atoms with van der Waals surface area (Å²) >= 11 is 6.20. The zero-order valence-electron chi connectivity index (χ0n) is 11.1. The molecule has 1 aliphatic rings. The average Bonchev–Trinajstić information content (AvgIpc) is 2.98. The van der Waals surface area contributed by atoms with E-state index < -0.39 is 10.0 Å². The number of hydrogen-bond donors (Lipinski definition) is 2. The molecule has 8 heteroatoms. The van der Waals surface area contributed by atoms with Gasteiger partial charge in [-0.25, -0.2) is 13.1 Å². The molecule has 0 aliphatic heterocycles. The third-order valence-corrected chi connectivity index (χ3v) is 8.00. The van der Waals surface area contributed by atoms with Crippen molar-refractivity contribution < 1.29 is 8.42 Å². The van der Waals surface area contributed by atoms with Gasteiger partial charge in [-0.3, -0.25) is 0 Å². The van der Waals surface area contributed by atoms with Crippen LogP contribution in [0, 0.1) is 0 Å². The Morgan fingerprint density at radius 1 is 1.29 bits per heavy atom. The number of hydrogen-bond acceptors (Lipinski definition) is 5. The zero-order chi connectivity index (χ0) is 14.9. The second-order valence-electron chi connectivity index (χ2n) is 4.95. The fourth-order valence-corrected chi connectivity index (χ4v) is 5.59. The molecule has 0 aromatic carbocycles. The first kappa shape index (κ1) is 15.6. The van der Waals surface area contributed by atoms with Gasteiger partial charge in [-0.05, 0) is 57.2 Å². The summed E-state index contributed by atoms with van der Waals surface area (Å²) in [7, 11) is -3.43. The molecular formula is C13H15BrN2O2S3. The van der Waals surface area contributed by atoms with E-state index in [-0.39, 0.29) is 0 Å². The first-order valence-corrected chi connectivity index (χ1v) is 10.6. The molecular weight excluding hydrogens is 392 g/mol. The van der Waals surface area contributed by atoms with Crippen molar-refractivity contribution in [2.75, 3.05) is 0 Å². The SMILES string of the molecule is O=S(=O)(NCc1sccc1Br)c1cc(CNC2CC2)cs1. The molecule has 0 atom stereocenters. The van der Waals surface area contributed by atoms with Crippen LogP contribution in [0.1, 0.15) is 23.3 Å². The average molecular weight is 407 g/mol. The molecule has 2 heterocycles. The van der Waals surface area contributed by atoms with Crippen LogP contribution in [0.2, 0.25) is 0 Å². The van der Waals surface area contributed by atoms with Crippen molar-refractivity contribution in [3.63, 3.8) is 0 Å². The maximum absolute atomic E-state index is 12.3. The van der Waals surface area contributed by atoms with Gasteiger partial charge in [0.1, 0.15) is 4.21 Å². The molecule has 2 aromatic rings. The van der Waals surface area contributed by atoms with Crippen LogP contribution in [0.25, 0.3) is 0 Å². The number of sulfonamides is 1. The summed E-state index contributed by atoms with van der Waals surface area (Å²) in [5.41, 5.74) is 1.03. The van der Waals surface area contributed by atoms with E-state index >= 15 is 0 Å². The quantitative estimate of drug-likeness (QED) is 0.741. The molecule has 21 heavy (non-hydrogen) atoms. The highest BCUT2D eigenvalue weighted by Gasteiger charge is 2.21. The van der Waals surface area contributed by atoms with Gasteiger partial charge in [0.2, 0.25) is 10.0 Å². The minimum absolute atomic E-state index is 0.314. The van der Waals surface area contributed by atoms with Crippen LogP contribution in [0.4, 0.5) is 0 Å². The lowest BCUT2D eigenvalue weighted by Gasteiger charge is -2.03. The predicted molar refractivity (Wildman–Crippen MR) is 90.2 cm³/mol. The molecule has 114 valence electrons. The Balaban J connectivity index is 1.62. The molecule has 4 nitrogen and oxygen atoms in total. The van der Waals surface area contributed by atoms with E-state index in [1.165, 1.54) is 35.5 Å². The van der Waals surface area contributed by atoms with Crippen LogP contribution in [0.15, 0.2) is 31.6 Å². The molecule has 0 unspecified atom stereocenters. The highest BCUT2D eigenvalue weighted by Crippen LogP contribution is 2.25. The van der Waals surface area contributed by atoms with Gasteiger partial charge in [-0.1, -0.05) is 0 Å². The van der Waals surface area contributed by atoms with E-state index in [0.717, 1.165) is 21.5 Å². The third kappa shape index (κ3) is 4.14. The number of rotatable bonds is 7. The summed E-state index contributed by atoms with van der Waals surface area (Å²) in [5, 5.41) is 7.23. The van der Waals surface area contributed by atoms with Crippen molar-refractivity contribution in [2.24, 2.45) is 0 Å². The fourth-order valence-electron chi connectivity index (χ4n) is 1.82. The normalized spacial score (nSPS) is 15.5. The van der Waals surface area contributed by atoms with Crippen molar-refractivity contribution >= 4 is 48.6 Å². The monoisotopic (exact) mass is 406 g/mol. The van der Waals surface area contributed by atoms with Crippen LogP contribution in [0.5, 0.6) is 0 Å².